The van der Waals surface area contributed by atoms with Crippen molar-refractivity contribution in [2.75, 3.05) is 46.3 Å². The Morgan fingerprint density at radius 1 is 1.23 bits per heavy atom. The van der Waals surface area contributed by atoms with Crippen molar-refractivity contribution < 1.29 is 4.79 Å². The van der Waals surface area contributed by atoms with E-state index >= 15 is 0 Å². The van der Waals surface area contributed by atoms with Crippen molar-refractivity contribution in [3.8, 4) is 0 Å². The number of hydrogen-bond donors (Lipinski definition) is 2. The van der Waals surface area contributed by atoms with Crippen LogP contribution in [0.2, 0.25) is 0 Å². The number of amides is 1. The number of likely N-dealkylation sites (tertiary alicyclic amines) is 2. The highest BCUT2D eigenvalue weighted by atomic mass is 16.1. The first-order chi connectivity index (χ1) is 12.8. The van der Waals surface area contributed by atoms with E-state index in [1.807, 2.05) is 25.5 Å². The number of carbonyl (C=O) groups is 1. The summed E-state index contributed by atoms with van der Waals surface area (Å²) >= 11 is 0. The monoisotopic (exact) mass is 359 g/mol. The van der Waals surface area contributed by atoms with Crippen LogP contribution in [0.25, 0.3) is 0 Å². The number of carbonyl (C=O) groups excluding carboxylic acids is 1. The van der Waals surface area contributed by atoms with Crippen LogP contribution < -0.4 is 10.6 Å². The summed E-state index contributed by atoms with van der Waals surface area (Å²) in [6.07, 6.45) is 8.37. The maximum Gasteiger partial charge on any atom is 0.224 e. The number of rotatable bonds is 7. The van der Waals surface area contributed by atoms with E-state index in [9.17, 15) is 4.79 Å². The second-order valence-electron chi connectivity index (χ2n) is 7.60. The van der Waals surface area contributed by atoms with E-state index in [0.29, 0.717) is 6.04 Å². The van der Waals surface area contributed by atoms with Crippen molar-refractivity contribution in [1.82, 2.24) is 25.4 Å². The zero-order valence-electron chi connectivity index (χ0n) is 16.0. The quantitative estimate of drug-likeness (QED) is 0.714. The minimum Gasteiger partial charge on any atom is -0.355 e. The molecule has 0 saturated carbocycles. The Labute approximate surface area is 157 Å². The van der Waals surface area contributed by atoms with Gasteiger partial charge in [0.25, 0.3) is 0 Å². The van der Waals surface area contributed by atoms with E-state index in [1.54, 1.807) is 0 Å². The zero-order chi connectivity index (χ0) is 18.2. The molecule has 26 heavy (non-hydrogen) atoms. The average Bonchev–Trinajstić information content (AvgIpc) is 2.69. The number of nitrogens with zero attached hydrogens (tertiary/aromatic N) is 3. The van der Waals surface area contributed by atoms with Gasteiger partial charge in [-0.25, -0.2) is 0 Å². The van der Waals surface area contributed by atoms with Crippen molar-refractivity contribution in [2.24, 2.45) is 5.92 Å². The van der Waals surface area contributed by atoms with Crippen LogP contribution in [0.5, 0.6) is 0 Å². The van der Waals surface area contributed by atoms with Crippen molar-refractivity contribution >= 4 is 5.91 Å². The van der Waals surface area contributed by atoms with Crippen LogP contribution in [-0.2, 0) is 11.3 Å². The zero-order valence-corrected chi connectivity index (χ0v) is 16.0. The third-order valence-electron chi connectivity index (χ3n) is 5.70. The molecular formula is C20H33N5O. The molecule has 144 valence electrons. The molecule has 0 unspecified atom stereocenters. The van der Waals surface area contributed by atoms with Crippen molar-refractivity contribution in [3.63, 3.8) is 0 Å². The van der Waals surface area contributed by atoms with Gasteiger partial charge in [-0.05, 0) is 64.0 Å². The first kappa shape index (κ1) is 19.3. The molecule has 0 aliphatic carbocycles. The predicted octanol–water partition coefficient (Wildman–Crippen LogP) is 1.09. The van der Waals surface area contributed by atoms with E-state index < -0.39 is 0 Å². The van der Waals surface area contributed by atoms with Crippen LogP contribution in [-0.4, -0.2) is 73.0 Å². The van der Waals surface area contributed by atoms with Gasteiger partial charge in [-0.2, -0.15) is 0 Å². The third kappa shape index (κ3) is 5.50. The van der Waals surface area contributed by atoms with Crippen LogP contribution in [0, 0.1) is 5.92 Å². The highest BCUT2D eigenvalue weighted by Gasteiger charge is 2.31. The lowest BCUT2D eigenvalue weighted by atomic mass is 9.93. The lowest BCUT2D eigenvalue weighted by Crippen LogP contribution is -2.51. The highest BCUT2D eigenvalue weighted by Crippen LogP contribution is 2.24. The Kier molecular flexibility index (Phi) is 7.41. The molecule has 1 amide bonds. The lowest BCUT2D eigenvalue weighted by molar-refractivity contribution is -0.127. The summed E-state index contributed by atoms with van der Waals surface area (Å²) in [7, 11) is 1.91. The van der Waals surface area contributed by atoms with Gasteiger partial charge in [0, 0.05) is 44.6 Å². The van der Waals surface area contributed by atoms with Gasteiger partial charge in [0.05, 0.1) is 5.92 Å². The standard InChI is InChI=1S/C20H33N5O/c1-21-9-10-23-20(26)18-5-3-11-25(16-18)19-6-12-24(13-7-19)15-17-4-2-8-22-14-17/h2,4,8,14,18-19,21H,3,5-7,9-13,15-16H2,1H3,(H,23,26)/t18-/m0/s1. The summed E-state index contributed by atoms with van der Waals surface area (Å²) < 4.78 is 0. The van der Waals surface area contributed by atoms with Gasteiger partial charge in [-0.3, -0.25) is 19.6 Å². The molecule has 1 aromatic rings. The highest BCUT2D eigenvalue weighted by molar-refractivity contribution is 5.78. The Hall–Kier alpha value is -1.50. The van der Waals surface area contributed by atoms with Crippen LogP contribution in [0.1, 0.15) is 31.2 Å². The van der Waals surface area contributed by atoms with E-state index in [2.05, 4.69) is 31.5 Å². The van der Waals surface area contributed by atoms with E-state index in [-0.39, 0.29) is 11.8 Å². The molecule has 2 aliphatic rings. The normalized spacial score (nSPS) is 23.0. The fourth-order valence-corrected chi connectivity index (χ4v) is 4.20. The third-order valence-corrected chi connectivity index (χ3v) is 5.70. The molecule has 2 aliphatic heterocycles. The fraction of sp³-hybridized carbons (Fsp3) is 0.700. The molecular weight excluding hydrogens is 326 g/mol. The summed E-state index contributed by atoms with van der Waals surface area (Å²) in [5, 5.41) is 6.14. The van der Waals surface area contributed by atoms with Crippen molar-refractivity contribution in [3.05, 3.63) is 30.1 Å². The van der Waals surface area contributed by atoms with E-state index in [4.69, 9.17) is 0 Å². The van der Waals surface area contributed by atoms with Crippen LogP contribution in [0.15, 0.2) is 24.5 Å². The Morgan fingerprint density at radius 2 is 2.08 bits per heavy atom. The molecule has 2 saturated heterocycles. The second kappa shape index (κ2) is 10.00. The fourth-order valence-electron chi connectivity index (χ4n) is 4.20. The molecule has 3 heterocycles. The van der Waals surface area contributed by atoms with Crippen LogP contribution in [0.3, 0.4) is 0 Å². The number of aromatic nitrogens is 1. The van der Waals surface area contributed by atoms with Crippen LogP contribution in [0.4, 0.5) is 0 Å². The molecule has 2 N–H and O–H groups in total. The number of pyridine rings is 1. The lowest BCUT2D eigenvalue weighted by Gasteiger charge is -2.42. The molecule has 6 heteroatoms. The van der Waals surface area contributed by atoms with Crippen molar-refractivity contribution in [1.29, 1.82) is 0 Å². The predicted molar refractivity (Wildman–Crippen MR) is 104 cm³/mol. The first-order valence-corrected chi connectivity index (χ1v) is 10.0. The van der Waals surface area contributed by atoms with Gasteiger partial charge >= 0.3 is 0 Å². The van der Waals surface area contributed by atoms with Gasteiger partial charge in [-0.15, -0.1) is 0 Å². The summed E-state index contributed by atoms with van der Waals surface area (Å²) in [6, 6.07) is 4.80. The minimum atomic E-state index is 0.161. The molecule has 1 atom stereocenters. The second-order valence-corrected chi connectivity index (χ2v) is 7.60. The minimum absolute atomic E-state index is 0.161. The van der Waals surface area contributed by atoms with Gasteiger partial charge in [0.15, 0.2) is 0 Å². The SMILES string of the molecule is CNCCNC(=O)[C@H]1CCCN(C2CCN(Cc3cccnc3)CC2)C1. The van der Waals surface area contributed by atoms with E-state index in [1.165, 1.54) is 18.4 Å². The number of likely N-dealkylation sites (N-methyl/N-ethyl adjacent to an activating group) is 1. The van der Waals surface area contributed by atoms with E-state index in [0.717, 1.165) is 58.7 Å². The molecule has 0 spiro atoms. The molecule has 3 rings (SSSR count). The molecule has 0 aromatic carbocycles. The number of hydrogen-bond acceptors (Lipinski definition) is 5. The van der Waals surface area contributed by atoms with Crippen LogP contribution >= 0.6 is 0 Å². The largest absolute Gasteiger partial charge is 0.355 e. The molecule has 6 nitrogen and oxygen atoms in total. The summed E-state index contributed by atoms with van der Waals surface area (Å²) in [5.41, 5.74) is 1.29. The molecule has 0 radical (unpaired) electrons. The number of piperidine rings is 2. The summed E-state index contributed by atoms with van der Waals surface area (Å²) in [4.78, 5) is 21.7. The summed E-state index contributed by atoms with van der Waals surface area (Å²) in [5.74, 6) is 0.396. The summed E-state index contributed by atoms with van der Waals surface area (Å²) in [6.45, 7) is 6.89. The van der Waals surface area contributed by atoms with Gasteiger partial charge in [0.1, 0.15) is 0 Å². The average molecular weight is 360 g/mol. The molecule has 0 bridgehead atoms. The Morgan fingerprint density at radius 3 is 2.81 bits per heavy atom. The molecule has 1 aromatic heterocycles. The van der Waals surface area contributed by atoms with Gasteiger partial charge in [-0.1, -0.05) is 6.07 Å². The van der Waals surface area contributed by atoms with Gasteiger partial charge in [0.2, 0.25) is 5.91 Å². The van der Waals surface area contributed by atoms with Gasteiger partial charge < -0.3 is 10.6 Å². The topological polar surface area (TPSA) is 60.5 Å². The first-order valence-electron chi connectivity index (χ1n) is 10.0. The smallest absolute Gasteiger partial charge is 0.224 e. The number of nitrogens with one attached hydrogen (secondary N) is 2. The Bertz CT molecular complexity index is 544. The Balaban J connectivity index is 1.43. The van der Waals surface area contributed by atoms with Crippen molar-refractivity contribution in [2.45, 2.75) is 38.3 Å². The molecule has 2 fully saturated rings. The maximum absolute atomic E-state index is 12.4. The maximum atomic E-state index is 12.4.